The van der Waals surface area contributed by atoms with Crippen LogP contribution in [0.5, 0.6) is 5.75 Å². The van der Waals surface area contributed by atoms with E-state index < -0.39 is 11.0 Å². The molecule has 33 heavy (non-hydrogen) atoms. The van der Waals surface area contributed by atoms with Gasteiger partial charge in [0, 0.05) is 25.9 Å². The van der Waals surface area contributed by atoms with Gasteiger partial charge in [-0.25, -0.2) is 4.21 Å². The lowest BCUT2D eigenvalue weighted by Crippen LogP contribution is -2.37. The number of likely N-dealkylation sites (tertiary alicyclic amines) is 1. The number of nitrogens with zero attached hydrogens (tertiary/aromatic N) is 3. The molecule has 1 aliphatic rings. The van der Waals surface area contributed by atoms with E-state index in [1.54, 1.807) is 21.3 Å². The molecule has 1 amide bonds. The molecule has 0 aliphatic carbocycles. The Kier molecular flexibility index (Phi) is 7.38. The van der Waals surface area contributed by atoms with Crippen molar-refractivity contribution in [1.29, 1.82) is 5.26 Å². The summed E-state index contributed by atoms with van der Waals surface area (Å²) in [6, 6.07) is 26.7. The number of anilines is 1. The zero-order valence-electron chi connectivity index (χ0n) is 18.2. The first-order valence-corrected chi connectivity index (χ1v) is 12.0. The van der Waals surface area contributed by atoms with Gasteiger partial charge >= 0.3 is 0 Å². The Hall–Kier alpha value is -3.63. The molecule has 1 heterocycles. The summed E-state index contributed by atoms with van der Waals surface area (Å²) in [6.07, 6.45) is 2.27. The Bertz CT molecular complexity index is 1140. The molecule has 1 unspecified atom stereocenters. The number of carbonyl (C=O) groups is 1. The first kappa shape index (κ1) is 22.6. The van der Waals surface area contributed by atoms with Gasteiger partial charge in [0.15, 0.2) is 11.0 Å². The van der Waals surface area contributed by atoms with Crippen LogP contribution >= 0.6 is 0 Å². The van der Waals surface area contributed by atoms with E-state index in [1.807, 2.05) is 66.7 Å². The first-order valence-electron chi connectivity index (χ1n) is 10.9. The number of hydrogen-bond acceptors (Lipinski definition) is 4. The van der Waals surface area contributed by atoms with Crippen LogP contribution < -0.4 is 9.04 Å². The molecular weight excluding hydrogens is 434 g/mol. The minimum Gasteiger partial charge on any atom is -0.489 e. The zero-order valence-corrected chi connectivity index (χ0v) is 19.0. The Labute approximate surface area is 196 Å². The van der Waals surface area contributed by atoms with Crippen LogP contribution in [0.4, 0.5) is 5.69 Å². The molecule has 4 rings (SSSR count). The van der Waals surface area contributed by atoms with Crippen molar-refractivity contribution in [2.75, 3.05) is 17.4 Å². The minimum absolute atomic E-state index is 0.0435. The van der Waals surface area contributed by atoms with Gasteiger partial charge in [0.05, 0.1) is 22.7 Å². The molecule has 1 fully saturated rings. The summed E-state index contributed by atoms with van der Waals surface area (Å²) in [4.78, 5) is 13.3. The lowest BCUT2D eigenvalue weighted by molar-refractivity contribution is -0.119. The maximum Gasteiger partial charge on any atom is 0.209 e. The van der Waals surface area contributed by atoms with E-state index in [0.29, 0.717) is 41.5 Å². The number of hydrogen-bond donors (Lipinski definition) is 0. The third kappa shape index (κ3) is 5.60. The standard InChI is InChI=1S/C26H25N3O3S/c27-18-22-17-23(11-12-26(22)32-24-13-15-28(20-30)16-14-24)29(19-21-7-3-1-4-8-21)33(31)25-9-5-2-6-10-25/h1-12,17,20,24H,13-16,19H2. The Morgan fingerprint density at radius 3 is 2.33 bits per heavy atom. The summed E-state index contributed by atoms with van der Waals surface area (Å²) in [5.74, 6) is 0.510. The predicted octanol–water partition coefficient (Wildman–Crippen LogP) is 4.29. The summed E-state index contributed by atoms with van der Waals surface area (Å²) >= 11 is 0. The second-order valence-corrected chi connectivity index (χ2v) is 9.25. The highest BCUT2D eigenvalue weighted by Crippen LogP contribution is 2.30. The van der Waals surface area contributed by atoms with Crippen molar-refractivity contribution in [3.05, 3.63) is 90.0 Å². The number of piperidine rings is 1. The van der Waals surface area contributed by atoms with Crippen LogP contribution in [-0.4, -0.2) is 34.7 Å². The van der Waals surface area contributed by atoms with Crippen LogP contribution in [0.25, 0.3) is 0 Å². The molecule has 6 nitrogen and oxygen atoms in total. The summed E-state index contributed by atoms with van der Waals surface area (Å²) in [7, 11) is -1.46. The average Bonchev–Trinajstić information content (AvgIpc) is 2.89. The molecule has 0 radical (unpaired) electrons. The Balaban J connectivity index is 1.60. The monoisotopic (exact) mass is 459 g/mol. The second-order valence-electron chi connectivity index (χ2n) is 7.84. The second kappa shape index (κ2) is 10.8. The summed E-state index contributed by atoms with van der Waals surface area (Å²) in [5.41, 5.74) is 2.09. The maximum atomic E-state index is 13.5. The molecule has 0 aromatic heterocycles. The highest BCUT2D eigenvalue weighted by atomic mass is 32.2. The van der Waals surface area contributed by atoms with E-state index in [0.717, 1.165) is 24.8 Å². The topological polar surface area (TPSA) is 73.6 Å². The number of carbonyl (C=O) groups excluding carboxylic acids is 1. The SMILES string of the molecule is N#Cc1cc(N(Cc2ccccc2)S(=O)c2ccccc2)ccc1OC1CCN(C=O)CC1. The van der Waals surface area contributed by atoms with E-state index >= 15 is 0 Å². The van der Waals surface area contributed by atoms with Crippen LogP contribution in [0, 0.1) is 11.3 Å². The maximum absolute atomic E-state index is 13.5. The van der Waals surface area contributed by atoms with Gasteiger partial charge in [-0.2, -0.15) is 5.26 Å². The zero-order chi connectivity index (χ0) is 23.0. The van der Waals surface area contributed by atoms with E-state index in [9.17, 15) is 14.3 Å². The normalized spacial score (nSPS) is 14.8. The highest BCUT2D eigenvalue weighted by molar-refractivity contribution is 7.86. The van der Waals surface area contributed by atoms with Crippen molar-refractivity contribution in [2.45, 2.75) is 30.4 Å². The third-order valence-electron chi connectivity index (χ3n) is 5.60. The van der Waals surface area contributed by atoms with E-state index in [2.05, 4.69) is 6.07 Å². The van der Waals surface area contributed by atoms with Gasteiger partial charge in [0.1, 0.15) is 17.9 Å². The van der Waals surface area contributed by atoms with Crippen molar-refractivity contribution in [1.82, 2.24) is 4.90 Å². The van der Waals surface area contributed by atoms with Crippen LogP contribution in [0.3, 0.4) is 0 Å². The molecule has 3 aromatic carbocycles. The third-order valence-corrected chi connectivity index (χ3v) is 7.02. The van der Waals surface area contributed by atoms with Crippen molar-refractivity contribution >= 4 is 23.1 Å². The van der Waals surface area contributed by atoms with Crippen LogP contribution in [0.15, 0.2) is 83.8 Å². The minimum atomic E-state index is -1.46. The van der Waals surface area contributed by atoms with Gasteiger partial charge in [-0.05, 0) is 35.9 Å². The van der Waals surface area contributed by atoms with Crippen LogP contribution in [-0.2, 0) is 22.3 Å². The van der Waals surface area contributed by atoms with Crippen molar-refractivity contribution < 1.29 is 13.7 Å². The Morgan fingerprint density at radius 1 is 1.03 bits per heavy atom. The van der Waals surface area contributed by atoms with E-state index in [4.69, 9.17) is 4.74 Å². The van der Waals surface area contributed by atoms with Crippen molar-refractivity contribution in [2.24, 2.45) is 0 Å². The molecule has 1 saturated heterocycles. The van der Waals surface area contributed by atoms with Crippen molar-refractivity contribution in [3.8, 4) is 11.8 Å². The molecule has 168 valence electrons. The molecule has 0 saturated carbocycles. The fraction of sp³-hybridized carbons (Fsp3) is 0.231. The van der Waals surface area contributed by atoms with Gasteiger partial charge < -0.3 is 9.64 Å². The molecular formula is C26H25N3O3S. The molecule has 0 spiro atoms. The van der Waals surface area contributed by atoms with Crippen LogP contribution in [0.1, 0.15) is 24.0 Å². The molecule has 1 atom stereocenters. The lowest BCUT2D eigenvalue weighted by atomic mass is 10.1. The fourth-order valence-corrected chi connectivity index (χ4v) is 5.02. The molecule has 0 N–H and O–H groups in total. The smallest absolute Gasteiger partial charge is 0.209 e. The molecule has 3 aromatic rings. The van der Waals surface area contributed by atoms with Gasteiger partial charge in [-0.15, -0.1) is 0 Å². The number of benzene rings is 3. The lowest BCUT2D eigenvalue weighted by Gasteiger charge is -2.30. The first-order chi connectivity index (χ1) is 16.2. The molecule has 1 aliphatic heterocycles. The average molecular weight is 460 g/mol. The molecule has 0 bridgehead atoms. The largest absolute Gasteiger partial charge is 0.489 e. The number of rotatable bonds is 8. The van der Waals surface area contributed by atoms with Gasteiger partial charge in [0.25, 0.3) is 0 Å². The number of nitriles is 1. The van der Waals surface area contributed by atoms with Gasteiger partial charge in [-0.1, -0.05) is 48.5 Å². The number of ether oxygens (including phenoxy) is 1. The summed E-state index contributed by atoms with van der Waals surface area (Å²) in [6.45, 7) is 1.72. The van der Waals surface area contributed by atoms with Crippen molar-refractivity contribution in [3.63, 3.8) is 0 Å². The Morgan fingerprint density at radius 2 is 1.70 bits per heavy atom. The van der Waals surface area contributed by atoms with Gasteiger partial charge in [0.2, 0.25) is 6.41 Å². The van der Waals surface area contributed by atoms with E-state index in [-0.39, 0.29) is 6.10 Å². The number of amides is 1. The van der Waals surface area contributed by atoms with E-state index in [1.165, 1.54) is 0 Å². The van der Waals surface area contributed by atoms with Crippen LogP contribution in [0.2, 0.25) is 0 Å². The summed E-state index contributed by atoms with van der Waals surface area (Å²) in [5, 5.41) is 9.80. The predicted molar refractivity (Wildman–Crippen MR) is 128 cm³/mol. The molecule has 7 heteroatoms. The fourth-order valence-electron chi connectivity index (χ4n) is 3.80. The van der Waals surface area contributed by atoms with Gasteiger partial charge in [-0.3, -0.25) is 9.10 Å². The summed E-state index contributed by atoms with van der Waals surface area (Å²) < 4.78 is 21.4. The quantitative estimate of drug-likeness (QED) is 0.471. The highest BCUT2D eigenvalue weighted by Gasteiger charge is 2.22.